The lowest BCUT2D eigenvalue weighted by Crippen LogP contribution is -2.10. The van der Waals surface area contributed by atoms with E-state index in [9.17, 15) is 4.79 Å². The van der Waals surface area contributed by atoms with Crippen LogP contribution in [-0.2, 0) is 0 Å². The van der Waals surface area contributed by atoms with Gasteiger partial charge in [-0.3, -0.25) is 4.79 Å². The summed E-state index contributed by atoms with van der Waals surface area (Å²) >= 11 is 0. The molecule has 0 saturated heterocycles. The Morgan fingerprint density at radius 3 is 2.70 bits per heavy atom. The number of aromatic amines is 1. The van der Waals surface area contributed by atoms with E-state index in [2.05, 4.69) is 32.5 Å². The van der Waals surface area contributed by atoms with Crippen LogP contribution in [0.4, 0.5) is 17.5 Å². The van der Waals surface area contributed by atoms with E-state index in [0.29, 0.717) is 11.5 Å². The molecule has 2 heterocycles. The Balaban J connectivity index is 1.88. The molecule has 0 spiro atoms. The molecule has 0 fully saturated rings. The third-order valence-electron chi connectivity index (χ3n) is 3.38. The van der Waals surface area contributed by atoms with Gasteiger partial charge < -0.3 is 21.4 Å². The van der Waals surface area contributed by atoms with Crippen molar-refractivity contribution in [3.05, 3.63) is 42.1 Å². The Morgan fingerprint density at radius 2 is 2.00 bits per heavy atom. The van der Waals surface area contributed by atoms with Crippen molar-refractivity contribution in [1.29, 1.82) is 0 Å². The van der Waals surface area contributed by atoms with Crippen LogP contribution < -0.4 is 16.4 Å². The second-order valence-corrected chi connectivity index (χ2v) is 5.13. The molecule has 2 aromatic heterocycles. The van der Waals surface area contributed by atoms with Crippen molar-refractivity contribution < 1.29 is 4.79 Å². The minimum atomic E-state index is -0.452. The Hall–Kier alpha value is -3.09. The van der Waals surface area contributed by atoms with Crippen molar-refractivity contribution >= 4 is 34.4 Å². The van der Waals surface area contributed by atoms with Crippen LogP contribution in [0.15, 0.2) is 36.5 Å². The zero-order valence-electron chi connectivity index (χ0n) is 12.8. The zero-order chi connectivity index (χ0) is 16.2. The van der Waals surface area contributed by atoms with Crippen LogP contribution in [0.25, 0.3) is 11.0 Å². The molecule has 0 saturated carbocycles. The molecule has 0 radical (unpaired) electrons. The quantitative estimate of drug-likeness (QED) is 0.559. The first-order valence-corrected chi connectivity index (χ1v) is 7.43. The number of hydrogen-bond acceptors (Lipinski definition) is 5. The number of fused-ring (bicyclic) bond motifs is 1. The van der Waals surface area contributed by atoms with Gasteiger partial charge >= 0.3 is 0 Å². The molecular weight excluding hydrogens is 292 g/mol. The van der Waals surface area contributed by atoms with Gasteiger partial charge in [0.25, 0.3) is 0 Å². The maximum Gasteiger partial charge on any atom is 0.248 e. The van der Waals surface area contributed by atoms with E-state index in [1.54, 1.807) is 24.3 Å². The monoisotopic (exact) mass is 310 g/mol. The zero-order valence-corrected chi connectivity index (χ0v) is 12.8. The van der Waals surface area contributed by atoms with Crippen LogP contribution >= 0.6 is 0 Å². The van der Waals surface area contributed by atoms with E-state index < -0.39 is 5.91 Å². The minimum absolute atomic E-state index is 0.452. The number of H-pyrrole nitrogens is 1. The second kappa shape index (κ2) is 6.35. The van der Waals surface area contributed by atoms with Gasteiger partial charge in [-0.1, -0.05) is 6.92 Å². The highest BCUT2D eigenvalue weighted by Crippen LogP contribution is 2.23. The van der Waals surface area contributed by atoms with E-state index in [0.717, 1.165) is 35.5 Å². The molecule has 118 valence electrons. The van der Waals surface area contributed by atoms with Gasteiger partial charge in [-0.25, -0.2) is 0 Å². The van der Waals surface area contributed by atoms with Gasteiger partial charge in [0, 0.05) is 24.0 Å². The van der Waals surface area contributed by atoms with E-state index >= 15 is 0 Å². The molecular formula is C16H18N6O. The number of benzene rings is 1. The number of aromatic nitrogens is 3. The van der Waals surface area contributed by atoms with Crippen LogP contribution in [0, 0.1) is 0 Å². The average Bonchev–Trinajstić information content (AvgIpc) is 3.01. The van der Waals surface area contributed by atoms with Gasteiger partial charge in [0.05, 0.1) is 5.39 Å². The molecule has 7 nitrogen and oxygen atoms in total. The molecule has 0 unspecified atom stereocenters. The smallest absolute Gasteiger partial charge is 0.248 e. The number of hydrogen-bond donors (Lipinski definition) is 4. The SMILES string of the molecule is CCCNc1nc(Nc2ccc(C(N)=O)cc2)nc2[nH]ccc12. The topological polar surface area (TPSA) is 109 Å². The van der Waals surface area contributed by atoms with Gasteiger partial charge in [-0.2, -0.15) is 9.97 Å². The normalized spacial score (nSPS) is 10.7. The summed E-state index contributed by atoms with van der Waals surface area (Å²) in [5, 5.41) is 7.39. The van der Waals surface area contributed by atoms with Crippen molar-refractivity contribution in [3.63, 3.8) is 0 Å². The maximum absolute atomic E-state index is 11.1. The Bertz CT molecular complexity index is 824. The van der Waals surface area contributed by atoms with Crippen LogP contribution in [0.3, 0.4) is 0 Å². The fraction of sp³-hybridized carbons (Fsp3) is 0.188. The van der Waals surface area contributed by atoms with Gasteiger partial charge in [0.15, 0.2) is 0 Å². The summed E-state index contributed by atoms with van der Waals surface area (Å²) in [4.78, 5) is 23.2. The Morgan fingerprint density at radius 1 is 1.22 bits per heavy atom. The summed E-state index contributed by atoms with van der Waals surface area (Å²) in [7, 11) is 0. The van der Waals surface area contributed by atoms with Gasteiger partial charge in [-0.05, 0) is 36.8 Å². The molecule has 23 heavy (non-hydrogen) atoms. The van der Waals surface area contributed by atoms with Crippen molar-refractivity contribution in [2.24, 2.45) is 5.73 Å². The van der Waals surface area contributed by atoms with E-state index in [1.165, 1.54) is 0 Å². The highest BCUT2D eigenvalue weighted by Gasteiger charge is 2.09. The number of carbonyl (C=O) groups excluding carboxylic acids is 1. The van der Waals surface area contributed by atoms with E-state index in [1.807, 2.05) is 12.3 Å². The number of rotatable bonds is 6. The van der Waals surface area contributed by atoms with Gasteiger partial charge in [0.2, 0.25) is 11.9 Å². The van der Waals surface area contributed by atoms with Gasteiger partial charge in [0.1, 0.15) is 11.5 Å². The van der Waals surface area contributed by atoms with Crippen LogP contribution in [0.1, 0.15) is 23.7 Å². The standard InChI is InChI=1S/C16H18N6O/c1-2-8-18-14-12-7-9-19-15(12)22-16(21-14)20-11-5-3-10(4-6-11)13(17)23/h3-7,9H,2,8H2,1H3,(H2,17,23)(H3,18,19,20,21,22). The highest BCUT2D eigenvalue weighted by molar-refractivity contribution is 5.93. The fourth-order valence-electron chi connectivity index (χ4n) is 2.22. The molecule has 0 atom stereocenters. The lowest BCUT2D eigenvalue weighted by molar-refractivity contribution is 0.100. The number of carbonyl (C=O) groups is 1. The summed E-state index contributed by atoms with van der Waals surface area (Å²) in [5.74, 6) is 0.811. The summed E-state index contributed by atoms with van der Waals surface area (Å²) in [6.45, 7) is 2.94. The van der Waals surface area contributed by atoms with E-state index in [-0.39, 0.29) is 0 Å². The van der Waals surface area contributed by atoms with Crippen LogP contribution in [0.5, 0.6) is 0 Å². The first kappa shape index (κ1) is 14.8. The number of nitrogens with two attached hydrogens (primary N) is 1. The molecule has 7 heteroatoms. The summed E-state index contributed by atoms with van der Waals surface area (Å²) < 4.78 is 0. The molecule has 0 bridgehead atoms. The Labute approximate surface area is 133 Å². The average molecular weight is 310 g/mol. The molecule has 1 amide bonds. The third kappa shape index (κ3) is 3.23. The summed E-state index contributed by atoms with van der Waals surface area (Å²) in [6, 6.07) is 8.80. The van der Waals surface area contributed by atoms with Crippen molar-refractivity contribution in [1.82, 2.24) is 15.0 Å². The lowest BCUT2D eigenvalue weighted by atomic mass is 10.2. The van der Waals surface area contributed by atoms with Gasteiger partial charge in [-0.15, -0.1) is 0 Å². The van der Waals surface area contributed by atoms with Crippen LogP contribution in [0.2, 0.25) is 0 Å². The molecule has 3 aromatic rings. The molecule has 5 N–H and O–H groups in total. The third-order valence-corrected chi connectivity index (χ3v) is 3.38. The predicted molar refractivity (Wildman–Crippen MR) is 90.9 cm³/mol. The number of nitrogens with one attached hydrogen (secondary N) is 3. The largest absolute Gasteiger partial charge is 0.369 e. The first-order chi connectivity index (χ1) is 11.2. The Kier molecular flexibility index (Phi) is 4.09. The predicted octanol–water partition coefficient (Wildman–Crippen LogP) is 2.62. The summed E-state index contributed by atoms with van der Waals surface area (Å²) in [5.41, 5.74) is 7.24. The summed E-state index contributed by atoms with van der Waals surface area (Å²) in [6.07, 6.45) is 2.84. The number of anilines is 3. The number of amides is 1. The number of primary amides is 1. The lowest BCUT2D eigenvalue weighted by Gasteiger charge is -2.09. The molecule has 0 aliphatic rings. The van der Waals surface area contributed by atoms with Crippen molar-refractivity contribution in [2.75, 3.05) is 17.2 Å². The highest BCUT2D eigenvalue weighted by atomic mass is 16.1. The van der Waals surface area contributed by atoms with E-state index in [4.69, 9.17) is 5.73 Å². The minimum Gasteiger partial charge on any atom is -0.369 e. The molecule has 1 aromatic carbocycles. The fourth-order valence-corrected chi connectivity index (χ4v) is 2.22. The maximum atomic E-state index is 11.1. The number of nitrogens with zero attached hydrogens (tertiary/aromatic N) is 2. The first-order valence-electron chi connectivity index (χ1n) is 7.43. The van der Waals surface area contributed by atoms with Crippen LogP contribution in [-0.4, -0.2) is 27.4 Å². The molecule has 0 aliphatic carbocycles. The molecule has 3 rings (SSSR count). The van der Waals surface area contributed by atoms with Crippen molar-refractivity contribution in [3.8, 4) is 0 Å². The molecule has 0 aliphatic heterocycles. The second-order valence-electron chi connectivity index (χ2n) is 5.13. The van der Waals surface area contributed by atoms with Crippen molar-refractivity contribution in [2.45, 2.75) is 13.3 Å².